The topological polar surface area (TPSA) is 129 Å². The van der Waals surface area contributed by atoms with Gasteiger partial charge in [0.25, 0.3) is 0 Å². The van der Waals surface area contributed by atoms with Crippen LogP contribution in [0.25, 0.3) is 11.1 Å². The van der Waals surface area contributed by atoms with E-state index in [1.807, 2.05) is 24.3 Å². The van der Waals surface area contributed by atoms with E-state index in [0.717, 1.165) is 28.0 Å². The van der Waals surface area contributed by atoms with Crippen LogP contribution in [-0.4, -0.2) is 18.2 Å². The number of carbonyl (C=O) groups excluding carboxylic acids is 1. The van der Waals surface area contributed by atoms with Gasteiger partial charge in [-0.25, -0.2) is 11.4 Å². The molecule has 0 aromatic heterocycles. The van der Waals surface area contributed by atoms with Gasteiger partial charge in [0.2, 0.25) is 5.78 Å². The van der Waals surface area contributed by atoms with Crippen LogP contribution in [0.1, 0.15) is 15.9 Å². The Kier molecular flexibility index (Phi) is 4.20. The van der Waals surface area contributed by atoms with Crippen molar-refractivity contribution >= 4 is 23.6 Å². The summed E-state index contributed by atoms with van der Waals surface area (Å²) in [6.07, 6.45) is 0. The Morgan fingerprint density at radius 2 is 1.87 bits per heavy atom. The van der Waals surface area contributed by atoms with Crippen molar-refractivity contribution < 1.29 is 9.53 Å². The molecule has 7 nitrogen and oxygen atoms in total. The molecule has 7 N–H and O–H groups in total. The van der Waals surface area contributed by atoms with Gasteiger partial charge in [-0.2, -0.15) is 0 Å². The second-order valence-electron chi connectivity index (χ2n) is 4.82. The number of Topliss-reactive ketones (excluding diaryl/α,β-unsaturated/α-hetero) is 1. The third kappa shape index (κ3) is 2.63. The Hall–Kier alpha value is -2.55. The molecule has 0 fully saturated rings. The van der Waals surface area contributed by atoms with Gasteiger partial charge >= 0.3 is 0 Å². The number of fused-ring (bicyclic) bond motifs is 1. The Morgan fingerprint density at radius 3 is 2.61 bits per heavy atom. The number of ketones is 1. The van der Waals surface area contributed by atoms with Crippen LogP contribution in [0.15, 0.2) is 46.4 Å². The summed E-state index contributed by atoms with van der Waals surface area (Å²) < 4.78 is 5.56. The zero-order valence-corrected chi connectivity index (χ0v) is 12.9. The SMILES string of the molecule is NN/N=C(\N)c1c(SN)cccc1-c1cccc2c1OCC2=O. The fourth-order valence-electron chi connectivity index (χ4n) is 2.58. The smallest absolute Gasteiger partial charge is 0.203 e. The Balaban J connectivity index is 2.26. The van der Waals surface area contributed by atoms with Crippen LogP contribution in [0.3, 0.4) is 0 Å². The molecule has 1 aliphatic rings. The van der Waals surface area contributed by atoms with Crippen molar-refractivity contribution in [1.82, 2.24) is 5.53 Å². The van der Waals surface area contributed by atoms with Crippen molar-refractivity contribution in [2.75, 3.05) is 6.61 Å². The molecular formula is C15H15N5O2S. The first-order valence-corrected chi connectivity index (χ1v) is 7.63. The monoisotopic (exact) mass is 329 g/mol. The molecule has 0 bridgehead atoms. The highest BCUT2D eigenvalue weighted by molar-refractivity contribution is 7.97. The molecule has 1 heterocycles. The largest absolute Gasteiger partial charge is 0.484 e. The summed E-state index contributed by atoms with van der Waals surface area (Å²) in [5.74, 6) is 5.93. The molecule has 2 aromatic rings. The standard InChI is InChI=1S/C15H15N5O2S/c16-15(19-20-17)13-8(3-2-6-12(13)23-18)9-4-1-5-10-11(21)7-22-14(9)10/h1-6,20H,7,17-18H2,(H2,16,19). The average molecular weight is 329 g/mol. The van der Waals surface area contributed by atoms with Gasteiger partial charge in [-0.15, -0.1) is 5.10 Å². The van der Waals surface area contributed by atoms with E-state index in [1.54, 1.807) is 12.1 Å². The molecule has 23 heavy (non-hydrogen) atoms. The van der Waals surface area contributed by atoms with Crippen LogP contribution in [0.5, 0.6) is 5.75 Å². The van der Waals surface area contributed by atoms with Gasteiger partial charge in [0.05, 0.1) is 5.56 Å². The summed E-state index contributed by atoms with van der Waals surface area (Å²) in [7, 11) is 0. The van der Waals surface area contributed by atoms with E-state index in [0.29, 0.717) is 16.9 Å². The first-order valence-electron chi connectivity index (χ1n) is 6.75. The predicted octanol–water partition coefficient (Wildman–Crippen LogP) is 0.978. The highest BCUT2D eigenvalue weighted by Crippen LogP contribution is 2.39. The lowest BCUT2D eigenvalue weighted by Gasteiger charge is -2.15. The maximum absolute atomic E-state index is 11.9. The van der Waals surface area contributed by atoms with Gasteiger partial charge in [0.1, 0.15) is 5.75 Å². The molecule has 0 amide bonds. The van der Waals surface area contributed by atoms with E-state index in [-0.39, 0.29) is 18.2 Å². The number of nitrogens with one attached hydrogen (secondary N) is 1. The molecule has 2 aromatic carbocycles. The second-order valence-corrected chi connectivity index (χ2v) is 5.49. The van der Waals surface area contributed by atoms with Crippen molar-refractivity contribution in [2.45, 2.75) is 4.90 Å². The van der Waals surface area contributed by atoms with Gasteiger partial charge in [-0.1, -0.05) is 24.3 Å². The number of hydrazine groups is 1. The number of benzene rings is 2. The van der Waals surface area contributed by atoms with Crippen LogP contribution in [0.2, 0.25) is 0 Å². The number of amidine groups is 1. The molecule has 118 valence electrons. The van der Waals surface area contributed by atoms with E-state index >= 15 is 0 Å². The third-order valence-corrected chi connectivity index (χ3v) is 4.14. The number of hydrazone groups is 1. The van der Waals surface area contributed by atoms with Crippen molar-refractivity contribution in [3.63, 3.8) is 0 Å². The Labute approximate surface area is 137 Å². The maximum Gasteiger partial charge on any atom is 0.203 e. The summed E-state index contributed by atoms with van der Waals surface area (Å²) in [5.41, 5.74) is 10.9. The van der Waals surface area contributed by atoms with Crippen LogP contribution >= 0.6 is 11.9 Å². The van der Waals surface area contributed by atoms with Crippen molar-refractivity contribution in [2.24, 2.45) is 21.8 Å². The van der Waals surface area contributed by atoms with E-state index < -0.39 is 0 Å². The molecule has 0 saturated carbocycles. The van der Waals surface area contributed by atoms with E-state index in [9.17, 15) is 4.79 Å². The molecule has 0 radical (unpaired) electrons. The normalized spacial score (nSPS) is 13.7. The minimum atomic E-state index is -0.0435. The Morgan fingerprint density at radius 1 is 1.17 bits per heavy atom. The van der Waals surface area contributed by atoms with Gasteiger partial charge in [0, 0.05) is 16.0 Å². The summed E-state index contributed by atoms with van der Waals surface area (Å²) in [4.78, 5) is 12.6. The fraction of sp³-hybridized carbons (Fsp3) is 0.0667. The molecule has 0 atom stereocenters. The number of nitrogens with zero attached hydrogens (tertiary/aromatic N) is 1. The number of nitrogens with two attached hydrogens (primary N) is 3. The molecule has 0 aliphatic carbocycles. The number of carbonyl (C=O) groups is 1. The summed E-state index contributed by atoms with van der Waals surface area (Å²) in [6.45, 7) is 0.0426. The van der Waals surface area contributed by atoms with Crippen molar-refractivity contribution in [1.29, 1.82) is 0 Å². The van der Waals surface area contributed by atoms with E-state index in [2.05, 4.69) is 10.6 Å². The summed E-state index contributed by atoms with van der Waals surface area (Å²) in [6, 6.07) is 11.0. The number of hydrogen-bond donors (Lipinski definition) is 4. The predicted molar refractivity (Wildman–Crippen MR) is 89.8 cm³/mol. The number of para-hydroxylation sites is 1. The maximum atomic E-state index is 11.9. The fourth-order valence-corrected chi connectivity index (χ4v) is 3.07. The highest BCUT2D eigenvalue weighted by Gasteiger charge is 2.26. The lowest BCUT2D eigenvalue weighted by Crippen LogP contribution is -2.24. The molecular weight excluding hydrogens is 314 g/mol. The Bertz CT molecular complexity index is 806. The second kappa shape index (κ2) is 6.29. The van der Waals surface area contributed by atoms with Crippen LogP contribution in [0.4, 0.5) is 0 Å². The minimum Gasteiger partial charge on any atom is -0.484 e. The highest BCUT2D eigenvalue weighted by atomic mass is 32.2. The summed E-state index contributed by atoms with van der Waals surface area (Å²) in [5, 5.41) is 9.58. The van der Waals surface area contributed by atoms with Crippen LogP contribution in [-0.2, 0) is 0 Å². The number of hydrogen-bond acceptors (Lipinski definition) is 7. The zero-order chi connectivity index (χ0) is 16.4. The van der Waals surface area contributed by atoms with Crippen molar-refractivity contribution in [3.05, 3.63) is 47.5 Å². The molecule has 8 heteroatoms. The van der Waals surface area contributed by atoms with Crippen LogP contribution < -0.4 is 27.0 Å². The first-order chi connectivity index (χ1) is 11.2. The first kappa shape index (κ1) is 15.3. The average Bonchev–Trinajstić information content (AvgIpc) is 2.96. The number of ether oxygens (including phenoxy) is 1. The molecule has 0 saturated heterocycles. The quantitative estimate of drug-likeness (QED) is 0.216. The number of rotatable bonds is 4. The molecule has 0 spiro atoms. The van der Waals surface area contributed by atoms with Crippen LogP contribution in [0, 0.1) is 0 Å². The van der Waals surface area contributed by atoms with Gasteiger partial charge in [0.15, 0.2) is 12.4 Å². The lowest BCUT2D eigenvalue weighted by molar-refractivity contribution is 0.0961. The van der Waals surface area contributed by atoms with Gasteiger partial charge in [-0.05, 0) is 29.6 Å². The molecule has 1 aliphatic heterocycles. The van der Waals surface area contributed by atoms with Gasteiger partial charge in [-0.3, -0.25) is 9.93 Å². The van der Waals surface area contributed by atoms with E-state index in [1.165, 1.54) is 0 Å². The third-order valence-electron chi connectivity index (χ3n) is 3.55. The zero-order valence-electron chi connectivity index (χ0n) is 12.1. The minimum absolute atomic E-state index is 0.0426. The van der Waals surface area contributed by atoms with Gasteiger partial charge < -0.3 is 10.5 Å². The summed E-state index contributed by atoms with van der Waals surface area (Å²) >= 11 is 1.06. The van der Waals surface area contributed by atoms with Crippen molar-refractivity contribution in [3.8, 4) is 16.9 Å². The lowest BCUT2D eigenvalue weighted by atomic mass is 9.96. The molecule has 3 rings (SSSR count). The molecule has 0 unspecified atom stereocenters. The van der Waals surface area contributed by atoms with E-state index in [4.69, 9.17) is 21.5 Å².